The summed E-state index contributed by atoms with van der Waals surface area (Å²) in [5.41, 5.74) is 1.10. The van der Waals surface area contributed by atoms with Gasteiger partial charge < -0.3 is 10.1 Å². The van der Waals surface area contributed by atoms with E-state index in [0.29, 0.717) is 16.5 Å². The van der Waals surface area contributed by atoms with Gasteiger partial charge in [0.1, 0.15) is 5.75 Å². The fraction of sp³-hybridized carbons (Fsp3) is 0.300. The van der Waals surface area contributed by atoms with Crippen molar-refractivity contribution >= 4 is 23.2 Å². The van der Waals surface area contributed by atoms with Crippen molar-refractivity contribution in [3.63, 3.8) is 0 Å². The van der Waals surface area contributed by atoms with Crippen molar-refractivity contribution in [3.05, 3.63) is 32.8 Å². The van der Waals surface area contributed by atoms with E-state index in [-0.39, 0.29) is 0 Å². The highest BCUT2D eigenvalue weighted by Gasteiger charge is 2.13. The number of amides is 1. The lowest BCUT2D eigenvalue weighted by molar-refractivity contribution is -0.467. The van der Waals surface area contributed by atoms with Crippen LogP contribution in [0, 0.1) is 17.0 Å². The standard InChI is InChI=1S/C10H11ClN2O4/c1-6-3-8(9(17-2)4-7(6)11)12-10(14)5-13(15)16/h3-4H,5H2,1-2H3,(H,12,14). The molecule has 0 unspecified atom stereocenters. The molecule has 1 amide bonds. The van der Waals surface area contributed by atoms with Crippen LogP contribution in [-0.4, -0.2) is 24.5 Å². The van der Waals surface area contributed by atoms with Gasteiger partial charge in [-0.1, -0.05) is 11.6 Å². The number of carbonyl (C=O) groups excluding carboxylic acids is 1. The summed E-state index contributed by atoms with van der Waals surface area (Å²) in [7, 11) is 1.42. The highest BCUT2D eigenvalue weighted by molar-refractivity contribution is 6.31. The first-order valence-corrected chi connectivity index (χ1v) is 5.07. The first kappa shape index (κ1) is 13.2. The average Bonchev–Trinajstić information content (AvgIpc) is 2.21. The number of anilines is 1. The summed E-state index contributed by atoms with van der Waals surface area (Å²) in [6.07, 6.45) is 0. The molecule has 0 aliphatic carbocycles. The fourth-order valence-corrected chi connectivity index (χ4v) is 1.39. The van der Waals surface area contributed by atoms with Crippen molar-refractivity contribution in [1.29, 1.82) is 0 Å². The highest BCUT2D eigenvalue weighted by atomic mass is 35.5. The minimum atomic E-state index is -0.787. The Hall–Kier alpha value is -1.82. The minimum Gasteiger partial charge on any atom is -0.495 e. The van der Waals surface area contributed by atoms with Gasteiger partial charge in [-0.3, -0.25) is 14.9 Å². The number of benzene rings is 1. The molecule has 17 heavy (non-hydrogen) atoms. The van der Waals surface area contributed by atoms with Crippen molar-refractivity contribution in [3.8, 4) is 5.75 Å². The molecule has 7 heteroatoms. The van der Waals surface area contributed by atoms with Crippen molar-refractivity contribution in [1.82, 2.24) is 0 Å². The molecule has 0 aromatic heterocycles. The summed E-state index contributed by atoms with van der Waals surface area (Å²) in [4.78, 5) is 20.7. The van der Waals surface area contributed by atoms with Gasteiger partial charge in [0.15, 0.2) is 0 Å². The third kappa shape index (κ3) is 3.60. The van der Waals surface area contributed by atoms with Crippen LogP contribution in [0.3, 0.4) is 0 Å². The van der Waals surface area contributed by atoms with E-state index in [9.17, 15) is 14.9 Å². The molecule has 0 bridgehead atoms. The Morgan fingerprint density at radius 1 is 1.59 bits per heavy atom. The summed E-state index contributed by atoms with van der Waals surface area (Å²) in [5.74, 6) is -0.354. The Balaban J connectivity index is 2.93. The lowest BCUT2D eigenvalue weighted by Gasteiger charge is -2.10. The van der Waals surface area contributed by atoms with Crippen LogP contribution in [0.25, 0.3) is 0 Å². The van der Waals surface area contributed by atoms with Gasteiger partial charge in [-0.2, -0.15) is 0 Å². The third-order valence-corrected chi connectivity index (χ3v) is 2.43. The average molecular weight is 259 g/mol. The van der Waals surface area contributed by atoms with E-state index < -0.39 is 17.4 Å². The molecule has 0 saturated heterocycles. The number of halogens is 1. The van der Waals surface area contributed by atoms with Gasteiger partial charge in [-0.15, -0.1) is 0 Å². The number of methoxy groups -OCH3 is 1. The van der Waals surface area contributed by atoms with Crippen LogP contribution in [0.4, 0.5) is 5.69 Å². The number of nitrogens with zero attached hydrogens (tertiary/aromatic N) is 1. The monoisotopic (exact) mass is 258 g/mol. The Morgan fingerprint density at radius 3 is 2.76 bits per heavy atom. The number of rotatable bonds is 4. The van der Waals surface area contributed by atoms with E-state index in [4.69, 9.17) is 16.3 Å². The van der Waals surface area contributed by atoms with E-state index >= 15 is 0 Å². The first-order valence-electron chi connectivity index (χ1n) is 4.70. The van der Waals surface area contributed by atoms with Gasteiger partial charge >= 0.3 is 0 Å². The highest BCUT2D eigenvalue weighted by Crippen LogP contribution is 2.30. The molecule has 1 rings (SSSR count). The maximum Gasteiger partial charge on any atom is 0.296 e. The topological polar surface area (TPSA) is 81.5 Å². The van der Waals surface area contributed by atoms with Crippen molar-refractivity contribution in [2.75, 3.05) is 19.0 Å². The smallest absolute Gasteiger partial charge is 0.296 e. The summed E-state index contributed by atoms with van der Waals surface area (Å²) in [6.45, 7) is 0.968. The molecule has 0 aliphatic rings. The number of ether oxygens (including phenoxy) is 1. The summed E-state index contributed by atoms with van der Waals surface area (Å²) >= 11 is 5.88. The van der Waals surface area contributed by atoms with Crippen LogP contribution >= 0.6 is 11.6 Å². The number of nitro groups is 1. The zero-order valence-electron chi connectivity index (χ0n) is 9.32. The molecule has 0 atom stereocenters. The maximum atomic E-state index is 11.2. The first-order chi connectivity index (χ1) is 7.93. The van der Waals surface area contributed by atoms with Crippen LogP contribution in [0.15, 0.2) is 12.1 Å². The number of hydrogen-bond donors (Lipinski definition) is 1. The number of aryl methyl sites for hydroxylation is 1. The molecular weight excluding hydrogens is 248 g/mol. The minimum absolute atomic E-state index is 0.359. The molecule has 0 aliphatic heterocycles. The second-order valence-corrected chi connectivity index (χ2v) is 3.75. The van der Waals surface area contributed by atoms with E-state index in [1.165, 1.54) is 7.11 Å². The van der Waals surface area contributed by atoms with Crippen LogP contribution in [-0.2, 0) is 4.79 Å². The van der Waals surface area contributed by atoms with Crippen molar-refractivity contribution in [2.24, 2.45) is 0 Å². The normalized spacial score (nSPS) is 9.82. The molecule has 1 aromatic rings. The second kappa shape index (κ2) is 5.49. The zero-order chi connectivity index (χ0) is 13.0. The molecule has 1 N–H and O–H groups in total. The predicted octanol–water partition coefficient (Wildman–Crippen LogP) is 1.87. The Morgan fingerprint density at radius 2 is 2.24 bits per heavy atom. The molecule has 0 radical (unpaired) electrons. The molecule has 92 valence electrons. The quantitative estimate of drug-likeness (QED) is 0.660. The largest absolute Gasteiger partial charge is 0.495 e. The number of carbonyl (C=O) groups is 1. The summed E-state index contributed by atoms with van der Waals surface area (Å²) in [6, 6.07) is 3.14. The Kier molecular flexibility index (Phi) is 4.28. The molecule has 1 aromatic carbocycles. The van der Waals surface area contributed by atoms with Gasteiger partial charge in [0.25, 0.3) is 12.5 Å². The van der Waals surface area contributed by atoms with Crippen LogP contribution < -0.4 is 10.1 Å². The third-order valence-electron chi connectivity index (χ3n) is 2.03. The van der Waals surface area contributed by atoms with Gasteiger partial charge in [0.05, 0.1) is 12.8 Å². The van der Waals surface area contributed by atoms with Gasteiger partial charge in [-0.25, -0.2) is 0 Å². The SMILES string of the molecule is COc1cc(Cl)c(C)cc1NC(=O)C[N+](=O)[O-]. The van der Waals surface area contributed by atoms with Crippen molar-refractivity contribution in [2.45, 2.75) is 6.92 Å². The zero-order valence-corrected chi connectivity index (χ0v) is 10.1. The van der Waals surface area contributed by atoms with Gasteiger partial charge in [-0.05, 0) is 18.6 Å². The van der Waals surface area contributed by atoms with E-state index in [0.717, 1.165) is 5.56 Å². The van der Waals surface area contributed by atoms with Crippen molar-refractivity contribution < 1.29 is 14.5 Å². The van der Waals surface area contributed by atoms with Gasteiger partial charge in [0.2, 0.25) is 0 Å². The number of nitrogens with one attached hydrogen (secondary N) is 1. The van der Waals surface area contributed by atoms with Gasteiger partial charge in [0, 0.05) is 16.0 Å². The van der Waals surface area contributed by atoms with Crippen LogP contribution in [0.5, 0.6) is 5.75 Å². The maximum absolute atomic E-state index is 11.2. The summed E-state index contributed by atoms with van der Waals surface area (Å²) < 4.78 is 5.02. The molecule has 0 heterocycles. The summed E-state index contributed by atoms with van der Waals surface area (Å²) in [5, 5.41) is 13.1. The van der Waals surface area contributed by atoms with Crippen LogP contribution in [0.2, 0.25) is 5.02 Å². The Bertz CT molecular complexity index is 462. The van der Waals surface area contributed by atoms with E-state index in [2.05, 4.69) is 5.32 Å². The predicted molar refractivity (Wildman–Crippen MR) is 63.2 cm³/mol. The molecular formula is C10H11ClN2O4. The molecule has 6 nitrogen and oxygen atoms in total. The lowest BCUT2D eigenvalue weighted by Crippen LogP contribution is -2.22. The number of hydrogen-bond acceptors (Lipinski definition) is 4. The molecule has 0 fully saturated rings. The molecule has 0 saturated carbocycles. The second-order valence-electron chi connectivity index (χ2n) is 3.34. The Labute approximate surface area is 103 Å². The van der Waals surface area contributed by atoms with Crippen LogP contribution in [0.1, 0.15) is 5.56 Å². The lowest BCUT2D eigenvalue weighted by atomic mass is 10.2. The van der Waals surface area contributed by atoms with E-state index in [1.807, 2.05) is 0 Å². The molecule has 0 spiro atoms. The fourth-order valence-electron chi connectivity index (χ4n) is 1.24. The van der Waals surface area contributed by atoms with E-state index in [1.54, 1.807) is 19.1 Å².